The lowest BCUT2D eigenvalue weighted by molar-refractivity contribution is 0.0684. The van der Waals surface area contributed by atoms with Crippen LogP contribution in [0.1, 0.15) is 45.3 Å². The molecular weight excluding hydrogens is 260 g/mol. The van der Waals surface area contributed by atoms with Gasteiger partial charge >= 0.3 is 11.9 Å². The molecule has 1 heterocycles. The van der Waals surface area contributed by atoms with E-state index in [1.165, 1.54) is 16.8 Å². The topological polar surface area (TPSA) is 92.4 Å². The molecule has 102 valence electrons. The second-order valence-corrected chi connectivity index (χ2v) is 4.77. The average molecular weight is 272 g/mol. The average Bonchev–Trinajstić information content (AvgIpc) is 3.17. The largest absolute Gasteiger partial charge is 0.478 e. The number of aromatic nitrogens is 2. The molecule has 0 aliphatic heterocycles. The summed E-state index contributed by atoms with van der Waals surface area (Å²) in [6, 6.07) is 7.98. The highest BCUT2D eigenvalue weighted by Crippen LogP contribution is 2.41. The number of hydrogen-bond acceptors (Lipinski definition) is 3. The highest BCUT2D eigenvalue weighted by Gasteiger charge is 2.30. The Bertz CT molecular complexity index is 701. The smallest absolute Gasteiger partial charge is 0.356 e. The van der Waals surface area contributed by atoms with Gasteiger partial charge in [-0.1, -0.05) is 12.1 Å². The number of para-hydroxylation sites is 1. The van der Waals surface area contributed by atoms with Gasteiger partial charge in [0, 0.05) is 11.6 Å². The first kappa shape index (κ1) is 12.4. The summed E-state index contributed by atoms with van der Waals surface area (Å²) in [6.07, 6.45) is 1.94. The van der Waals surface area contributed by atoms with E-state index in [9.17, 15) is 14.7 Å². The predicted octanol–water partition coefficient (Wildman–Crippen LogP) is 2.15. The van der Waals surface area contributed by atoms with E-state index in [0.717, 1.165) is 18.5 Å². The Morgan fingerprint density at radius 1 is 1.15 bits per heavy atom. The van der Waals surface area contributed by atoms with Crippen molar-refractivity contribution in [1.29, 1.82) is 0 Å². The molecule has 0 bridgehead atoms. The Labute approximate surface area is 114 Å². The number of carboxylic acid groups (broad SMARTS) is 2. The summed E-state index contributed by atoms with van der Waals surface area (Å²) in [5.41, 5.74) is 1.20. The molecule has 1 fully saturated rings. The van der Waals surface area contributed by atoms with Crippen molar-refractivity contribution in [3.05, 3.63) is 47.3 Å². The van der Waals surface area contributed by atoms with Crippen LogP contribution in [0.15, 0.2) is 30.3 Å². The Morgan fingerprint density at radius 3 is 2.45 bits per heavy atom. The van der Waals surface area contributed by atoms with Crippen LogP contribution in [0, 0.1) is 0 Å². The summed E-state index contributed by atoms with van der Waals surface area (Å²) in [4.78, 5) is 22.3. The Morgan fingerprint density at radius 2 is 1.85 bits per heavy atom. The second-order valence-electron chi connectivity index (χ2n) is 4.77. The summed E-state index contributed by atoms with van der Waals surface area (Å²) in [6.45, 7) is 0. The van der Waals surface area contributed by atoms with Gasteiger partial charge < -0.3 is 10.2 Å². The van der Waals surface area contributed by atoms with Crippen molar-refractivity contribution < 1.29 is 19.8 Å². The SMILES string of the molecule is O=C(O)c1cc(C2CC2)n(-c2ccccc2C(=O)O)n1. The molecule has 0 amide bonds. The van der Waals surface area contributed by atoms with Crippen molar-refractivity contribution in [3.63, 3.8) is 0 Å². The van der Waals surface area contributed by atoms with Crippen LogP contribution >= 0.6 is 0 Å². The molecule has 1 aliphatic carbocycles. The van der Waals surface area contributed by atoms with Gasteiger partial charge in [-0.3, -0.25) is 0 Å². The van der Waals surface area contributed by atoms with Crippen molar-refractivity contribution in [1.82, 2.24) is 9.78 Å². The van der Waals surface area contributed by atoms with Crippen molar-refractivity contribution >= 4 is 11.9 Å². The fourth-order valence-electron chi connectivity index (χ4n) is 2.20. The van der Waals surface area contributed by atoms with Gasteiger partial charge in [-0.2, -0.15) is 5.10 Å². The minimum absolute atomic E-state index is 0.0629. The first-order chi connectivity index (χ1) is 9.58. The number of carbonyl (C=O) groups is 2. The maximum Gasteiger partial charge on any atom is 0.356 e. The maximum atomic E-state index is 11.3. The first-order valence-electron chi connectivity index (χ1n) is 6.24. The predicted molar refractivity (Wildman–Crippen MR) is 69.5 cm³/mol. The summed E-state index contributed by atoms with van der Waals surface area (Å²) in [5, 5.41) is 22.3. The number of benzene rings is 1. The summed E-state index contributed by atoms with van der Waals surface area (Å²) in [7, 11) is 0. The van der Waals surface area contributed by atoms with Crippen molar-refractivity contribution in [2.45, 2.75) is 18.8 Å². The fraction of sp³-hybridized carbons (Fsp3) is 0.214. The lowest BCUT2D eigenvalue weighted by atomic mass is 10.1. The summed E-state index contributed by atoms with van der Waals surface area (Å²) < 4.78 is 1.45. The molecule has 0 unspecified atom stereocenters. The molecule has 2 N–H and O–H groups in total. The molecule has 1 aromatic carbocycles. The Balaban J connectivity index is 2.18. The molecule has 3 rings (SSSR count). The van der Waals surface area contributed by atoms with Crippen LogP contribution in [0.2, 0.25) is 0 Å². The van der Waals surface area contributed by atoms with Crippen molar-refractivity contribution in [2.75, 3.05) is 0 Å². The highest BCUT2D eigenvalue weighted by molar-refractivity contribution is 5.92. The van der Waals surface area contributed by atoms with Gasteiger partial charge in [0.05, 0.1) is 11.3 Å². The number of nitrogens with zero attached hydrogens (tertiary/aromatic N) is 2. The first-order valence-corrected chi connectivity index (χ1v) is 6.24. The van der Waals surface area contributed by atoms with Crippen molar-refractivity contribution in [2.24, 2.45) is 0 Å². The van der Waals surface area contributed by atoms with E-state index in [0.29, 0.717) is 5.69 Å². The molecule has 1 aromatic heterocycles. The number of rotatable bonds is 4. The zero-order chi connectivity index (χ0) is 14.3. The number of hydrogen-bond donors (Lipinski definition) is 2. The Hall–Kier alpha value is -2.63. The normalized spacial score (nSPS) is 14.2. The monoisotopic (exact) mass is 272 g/mol. The molecule has 1 aliphatic rings. The van der Waals surface area contributed by atoms with E-state index in [1.807, 2.05) is 0 Å². The van der Waals surface area contributed by atoms with Crippen LogP contribution < -0.4 is 0 Å². The molecule has 0 atom stereocenters. The minimum Gasteiger partial charge on any atom is -0.478 e. The summed E-state index contributed by atoms with van der Waals surface area (Å²) in [5.74, 6) is -1.91. The van der Waals surface area contributed by atoms with Crippen LogP contribution in [0.3, 0.4) is 0 Å². The molecule has 0 radical (unpaired) electrons. The van der Waals surface area contributed by atoms with Crippen LogP contribution in [0.5, 0.6) is 0 Å². The van der Waals surface area contributed by atoms with Crippen LogP contribution in [-0.4, -0.2) is 31.9 Å². The molecule has 6 nitrogen and oxygen atoms in total. The zero-order valence-electron chi connectivity index (χ0n) is 10.5. The molecule has 6 heteroatoms. The quantitative estimate of drug-likeness (QED) is 0.889. The number of aromatic carboxylic acids is 2. The lowest BCUT2D eigenvalue weighted by Crippen LogP contribution is -2.09. The van der Waals surface area contributed by atoms with E-state index in [1.54, 1.807) is 18.2 Å². The van der Waals surface area contributed by atoms with Crippen LogP contribution in [-0.2, 0) is 0 Å². The van der Waals surface area contributed by atoms with Gasteiger partial charge in [0.25, 0.3) is 0 Å². The number of carboxylic acids is 2. The molecule has 0 spiro atoms. The molecule has 2 aromatic rings. The van der Waals surface area contributed by atoms with Crippen molar-refractivity contribution in [3.8, 4) is 5.69 Å². The zero-order valence-corrected chi connectivity index (χ0v) is 10.5. The molecule has 1 saturated carbocycles. The molecule has 0 saturated heterocycles. The lowest BCUT2D eigenvalue weighted by Gasteiger charge is -2.09. The highest BCUT2D eigenvalue weighted by atomic mass is 16.4. The summed E-state index contributed by atoms with van der Waals surface area (Å²) >= 11 is 0. The second kappa shape index (κ2) is 4.48. The molecular formula is C14H12N2O4. The van der Waals surface area contributed by atoms with Gasteiger partial charge in [-0.15, -0.1) is 0 Å². The van der Waals surface area contributed by atoms with E-state index >= 15 is 0 Å². The third kappa shape index (κ3) is 2.05. The third-order valence-corrected chi connectivity index (χ3v) is 3.31. The van der Waals surface area contributed by atoms with E-state index in [4.69, 9.17) is 5.11 Å². The van der Waals surface area contributed by atoms with E-state index < -0.39 is 11.9 Å². The van der Waals surface area contributed by atoms with Gasteiger partial charge in [0.1, 0.15) is 0 Å². The van der Waals surface area contributed by atoms with Crippen LogP contribution in [0.4, 0.5) is 0 Å². The minimum atomic E-state index is -1.11. The third-order valence-electron chi connectivity index (χ3n) is 3.31. The maximum absolute atomic E-state index is 11.3. The van der Waals surface area contributed by atoms with Gasteiger partial charge in [0.2, 0.25) is 0 Å². The van der Waals surface area contributed by atoms with Gasteiger partial charge in [-0.25, -0.2) is 14.3 Å². The van der Waals surface area contributed by atoms with Gasteiger partial charge in [0.15, 0.2) is 5.69 Å². The van der Waals surface area contributed by atoms with Crippen LogP contribution in [0.25, 0.3) is 5.69 Å². The van der Waals surface area contributed by atoms with E-state index in [-0.39, 0.29) is 17.2 Å². The molecule has 20 heavy (non-hydrogen) atoms. The standard InChI is InChI=1S/C14H12N2O4/c17-13(18)9-3-1-2-4-11(9)16-12(8-5-6-8)7-10(15-16)14(19)20/h1-4,7-8H,5-6H2,(H,17,18)(H,19,20). The van der Waals surface area contributed by atoms with Gasteiger partial charge in [-0.05, 0) is 31.0 Å². The Kier molecular flexibility index (Phi) is 2.78. The fourth-order valence-corrected chi connectivity index (χ4v) is 2.20. The van der Waals surface area contributed by atoms with E-state index in [2.05, 4.69) is 5.10 Å².